The third kappa shape index (κ3) is 4.97. The number of benzene rings is 1. The number of primary amides is 1. The molecule has 1 unspecified atom stereocenters. The first-order valence-electron chi connectivity index (χ1n) is 6.08. The lowest BCUT2D eigenvalue weighted by atomic mass is 10.1. The standard InChI is InChI=1S/C13H15F3N2O3/c1-7(4-11(19)20)6-18-10-3-2-8(13(14,15)16)5-9(10)12(17)21/h2-3,5,7,18H,4,6H2,1H3,(H2,17,21)(H,19,20). The van der Waals surface area contributed by atoms with Crippen LogP contribution >= 0.6 is 0 Å². The van der Waals surface area contributed by atoms with E-state index in [1.165, 1.54) is 0 Å². The number of rotatable bonds is 6. The summed E-state index contributed by atoms with van der Waals surface area (Å²) >= 11 is 0. The molecular weight excluding hydrogens is 289 g/mol. The van der Waals surface area contributed by atoms with Crippen molar-refractivity contribution in [1.82, 2.24) is 0 Å². The number of aliphatic carboxylic acids is 1. The van der Waals surface area contributed by atoms with E-state index in [4.69, 9.17) is 10.8 Å². The fraction of sp³-hybridized carbons (Fsp3) is 0.385. The van der Waals surface area contributed by atoms with Crippen LogP contribution in [0.2, 0.25) is 0 Å². The summed E-state index contributed by atoms with van der Waals surface area (Å²) < 4.78 is 37.7. The topological polar surface area (TPSA) is 92.4 Å². The second-order valence-electron chi connectivity index (χ2n) is 4.71. The van der Waals surface area contributed by atoms with Crippen LogP contribution in [0.1, 0.15) is 29.3 Å². The van der Waals surface area contributed by atoms with E-state index in [0.29, 0.717) is 6.07 Å². The SMILES string of the molecule is CC(CNc1ccc(C(F)(F)F)cc1C(N)=O)CC(=O)O. The van der Waals surface area contributed by atoms with E-state index < -0.39 is 23.6 Å². The average molecular weight is 304 g/mol. The minimum Gasteiger partial charge on any atom is -0.481 e. The van der Waals surface area contributed by atoms with Crippen LogP contribution in [0.25, 0.3) is 0 Å². The van der Waals surface area contributed by atoms with Gasteiger partial charge < -0.3 is 16.2 Å². The fourth-order valence-electron chi connectivity index (χ4n) is 1.73. The molecule has 0 aromatic heterocycles. The molecule has 21 heavy (non-hydrogen) atoms. The van der Waals surface area contributed by atoms with Gasteiger partial charge in [-0.25, -0.2) is 0 Å². The lowest BCUT2D eigenvalue weighted by Crippen LogP contribution is -2.20. The van der Waals surface area contributed by atoms with Crippen LogP contribution in [0.3, 0.4) is 0 Å². The monoisotopic (exact) mass is 304 g/mol. The lowest BCUT2D eigenvalue weighted by molar-refractivity contribution is -0.138. The van der Waals surface area contributed by atoms with E-state index in [9.17, 15) is 22.8 Å². The molecular formula is C13H15F3N2O3. The first-order valence-corrected chi connectivity index (χ1v) is 6.08. The van der Waals surface area contributed by atoms with Crippen molar-refractivity contribution in [3.05, 3.63) is 29.3 Å². The summed E-state index contributed by atoms with van der Waals surface area (Å²) in [6.45, 7) is 1.85. The molecule has 0 spiro atoms. The van der Waals surface area contributed by atoms with Gasteiger partial charge >= 0.3 is 12.1 Å². The Morgan fingerprint density at radius 2 is 2.00 bits per heavy atom. The zero-order valence-electron chi connectivity index (χ0n) is 11.2. The van der Waals surface area contributed by atoms with Crippen LogP contribution in [-0.4, -0.2) is 23.5 Å². The molecule has 1 aromatic carbocycles. The van der Waals surface area contributed by atoms with Crippen LogP contribution in [0.5, 0.6) is 0 Å². The van der Waals surface area contributed by atoms with Crippen molar-refractivity contribution in [3.8, 4) is 0 Å². The highest BCUT2D eigenvalue weighted by Crippen LogP contribution is 2.31. The first-order chi connectivity index (χ1) is 9.61. The Morgan fingerprint density at radius 1 is 1.38 bits per heavy atom. The van der Waals surface area contributed by atoms with E-state index in [0.717, 1.165) is 12.1 Å². The molecule has 116 valence electrons. The summed E-state index contributed by atoms with van der Waals surface area (Å²) in [6, 6.07) is 2.61. The predicted octanol–water partition coefficient (Wildman–Crippen LogP) is 2.33. The molecule has 0 aliphatic rings. The van der Waals surface area contributed by atoms with Crippen LogP contribution in [0.4, 0.5) is 18.9 Å². The number of nitrogens with one attached hydrogen (secondary N) is 1. The minimum absolute atomic E-state index is 0.0977. The summed E-state index contributed by atoms with van der Waals surface area (Å²) in [5.41, 5.74) is 3.96. The Balaban J connectivity index is 2.92. The van der Waals surface area contributed by atoms with E-state index >= 15 is 0 Å². The molecule has 1 rings (SSSR count). The van der Waals surface area contributed by atoms with Gasteiger partial charge in [-0.2, -0.15) is 13.2 Å². The number of hydrogen-bond acceptors (Lipinski definition) is 3. The Hall–Kier alpha value is -2.25. The van der Waals surface area contributed by atoms with E-state index in [1.54, 1.807) is 6.92 Å². The molecule has 0 bridgehead atoms. The maximum atomic E-state index is 12.6. The molecule has 0 aliphatic heterocycles. The summed E-state index contributed by atoms with van der Waals surface area (Å²) in [4.78, 5) is 21.8. The Labute approximate surface area is 118 Å². The lowest BCUT2D eigenvalue weighted by Gasteiger charge is -2.15. The summed E-state index contributed by atoms with van der Waals surface area (Å²) in [5, 5.41) is 11.4. The van der Waals surface area contributed by atoms with Crippen LogP contribution in [-0.2, 0) is 11.0 Å². The number of carbonyl (C=O) groups is 2. The summed E-state index contributed by atoms with van der Waals surface area (Å²) in [6.07, 6.45) is -4.67. The Morgan fingerprint density at radius 3 is 2.48 bits per heavy atom. The molecule has 0 heterocycles. The summed E-state index contributed by atoms with van der Waals surface area (Å²) in [5.74, 6) is -2.23. The van der Waals surface area contributed by atoms with E-state index in [-0.39, 0.29) is 30.1 Å². The quantitative estimate of drug-likeness (QED) is 0.752. The van der Waals surface area contributed by atoms with Crippen LogP contribution < -0.4 is 11.1 Å². The third-order valence-electron chi connectivity index (χ3n) is 2.78. The van der Waals surface area contributed by atoms with E-state index in [1.807, 2.05) is 0 Å². The highest BCUT2D eigenvalue weighted by atomic mass is 19.4. The van der Waals surface area contributed by atoms with Gasteiger partial charge in [0, 0.05) is 18.7 Å². The number of amides is 1. The fourth-order valence-corrected chi connectivity index (χ4v) is 1.73. The normalized spacial score (nSPS) is 12.8. The Bertz CT molecular complexity index is 544. The van der Waals surface area contributed by atoms with Crippen molar-refractivity contribution in [3.63, 3.8) is 0 Å². The van der Waals surface area contributed by atoms with Gasteiger partial charge in [0.25, 0.3) is 5.91 Å². The molecule has 1 atom stereocenters. The number of hydrogen-bond donors (Lipinski definition) is 3. The van der Waals surface area contributed by atoms with Crippen molar-refractivity contribution in [2.75, 3.05) is 11.9 Å². The maximum Gasteiger partial charge on any atom is 0.416 e. The predicted molar refractivity (Wildman–Crippen MR) is 69.9 cm³/mol. The highest BCUT2D eigenvalue weighted by Gasteiger charge is 2.31. The van der Waals surface area contributed by atoms with Crippen molar-refractivity contribution >= 4 is 17.6 Å². The smallest absolute Gasteiger partial charge is 0.416 e. The number of carbonyl (C=O) groups excluding carboxylic acids is 1. The van der Waals surface area contributed by atoms with Gasteiger partial charge in [-0.3, -0.25) is 9.59 Å². The van der Waals surface area contributed by atoms with Gasteiger partial charge in [0.1, 0.15) is 0 Å². The second kappa shape index (κ2) is 6.47. The van der Waals surface area contributed by atoms with Crippen LogP contribution in [0.15, 0.2) is 18.2 Å². The van der Waals surface area contributed by atoms with Gasteiger partial charge in [0.05, 0.1) is 11.1 Å². The van der Waals surface area contributed by atoms with Crippen molar-refractivity contribution < 1.29 is 27.9 Å². The molecule has 0 aliphatic carbocycles. The van der Waals surface area contributed by atoms with Gasteiger partial charge in [0.2, 0.25) is 0 Å². The molecule has 8 heteroatoms. The first kappa shape index (κ1) is 16.8. The molecule has 0 radical (unpaired) electrons. The molecule has 4 N–H and O–H groups in total. The minimum atomic E-state index is -4.57. The molecule has 1 aromatic rings. The molecule has 5 nitrogen and oxygen atoms in total. The largest absolute Gasteiger partial charge is 0.481 e. The van der Waals surface area contributed by atoms with Crippen molar-refractivity contribution in [2.45, 2.75) is 19.5 Å². The number of carboxylic acids is 1. The van der Waals surface area contributed by atoms with Gasteiger partial charge in [-0.1, -0.05) is 6.92 Å². The number of carboxylic acid groups (broad SMARTS) is 1. The van der Waals surface area contributed by atoms with Gasteiger partial charge in [-0.05, 0) is 24.1 Å². The Kier molecular flexibility index (Phi) is 5.17. The number of nitrogens with two attached hydrogens (primary N) is 1. The summed E-state index contributed by atoms with van der Waals surface area (Å²) in [7, 11) is 0. The van der Waals surface area contributed by atoms with Gasteiger partial charge in [-0.15, -0.1) is 0 Å². The molecule has 0 saturated carbocycles. The van der Waals surface area contributed by atoms with Gasteiger partial charge in [0.15, 0.2) is 0 Å². The number of halogens is 3. The zero-order chi connectivity index (χ0) is 16.2. The number of alkyl halides is 3. The maximum absolute atomic E-state index is 12.6. The number of anilines is 1. The molecule has 0 saturated heterocycles. The molecule has 1 amide bonds. The second-order valence-corrected chi connectivity index (χ2v) is 4.71. The van der Waals surface area contributed by atoms with E-state index in [2.05, 4.69) is 5.32 Å². The van der Waals surface area contributed by atoms with Crippen molar-refractivity contribution in [2.24, 2.45) is 11.7 Å². The third-order valence-corrected chi connectivity index (χ3v) is 2.78. The van der Waals surface area contributed by atoms with Crippen molar-refractivity contribution in [1.29, 1.82) is 0 Å². The highest BCUT2D eigenvalue weighted by molar-refractivity contribution is 5.98. The average Bonchev–Trinajstić information content (AvgIpc) is 2.34. The zero-order valence-corrected chi connectivity index (χ0v) is 11.2. The molecule has 0 fully saturated rings. The van der Waals surface area contributed by atoms with Crippen LogP contribution in [0, 0.1) is 5.92 Å².